The molecule has 0 unspecified atom stereocenters. The van der Waals surface area contributed by atoms with Crippen LogP contribution in [0.15, 0.2) is 53.5 Å². The van der Waals surface area contributed by atoms with Gasteiger partial charge in [-0.3, -0.25) is 4.79 Å². The molecular weight excluding hydrogens is 224 g/mol. The number of pyridine rings is 2. The highest BCUT2D eigenvalue weighted by atomic mass is 16.1. The molecule has 3 rings (SSSR count). The molecule has 3 heteroatoms. The van der Waals surface area contributed by atoms with E-state index in [-0.39, 0.29) is 5.56 Å². The molecule has 3 aromatic rings. The minimum absolute atomic E-state index is 0.128. The maximum absolute atomic E-state index is 11.6. The van der Waals surface area contributed by atoms with Crippen molar-refractivity contribution >= 4 is 11.0 Å². The first kappa shape index (κ1) is 10.7. The van der Waals surface area contributed by atoms with Crippen molar-refractivity contribution in [3.05, 3.63) is 64.6 Å². The summed E-state index contributed by atoms with van der Waals surface area (Å²) in [6.45, 7) is 2.04. The lowest BCUT2D eigenvalue weighted by Crippen LogP contribution is -2.05. The zero-order valence-corrected chi connectivity index (χ0v) is 9.97. The molecule has 0 bridgehead atoms. The van der Waals surface area contributed by atoms with Gasteiger partial charge in [0.25, 0.3) is 0 Å². The standard InChI is InChI=1S/C15H12N2O/c1-10-4-6-11(7-5-10)13-9-14(18)17-15-12(13)3-2-8-16-15/h2-9H,1H3,(H,16,17,18). The van der Waals surface area contributed by atoms with E-state index in [1.165, 1.54) is 5.56 Å². The van der Waals surface area contributed by atoms with E-state index in [1.807, 2.05) is 43.3 Å². The van der Waals surface area contributed by atoms with E-state index in [4.69, 9.17) is 0 Å². The molecular formula is C15H12N2O. The first-order chi connectivity index (χ1) is 8.74. The molecule has 0 aliphatic rings. The van der Waals surface area contributed by atoms with Crippen molar-refractivity contribution in [3.63, 3.8) is 0 Å². The van der Waals surface area contributed by atoms with Crippen LogP contribution in [0.25, 0.3) is 22.2 Å². The number of rotatable bonds is 1. The Bertz CT molecular complexity index is 757. The molecule has 0 saturated carbocycles. The summed E-state index contributed by atoms with van der Waals surface area (Å²) in [5.74, 6) is 0. The van der Waals surface area contributed by atoms with Gasteiger partial charge in [-0.25, -0.2) is 4.98 Å². The maximum Gasteiger partial charge on any atom is 0.250 e. The van der Waals surface area contributed by atoms with E-state index in [0.717, 1.165) is 16.5 Å². The SMILES string of the molecule is Cc1ccc(-c2cc(=O)[nH]c3ncccc23)cc1. The summed E-state index contributed by atoms with van der Waals surface area (Å²) >= 11 is 0. The van der Waals surface area contributed by atoms with Crippen LogP contribution in [0.4, 0.5) is 0 Å². The number of benzene rings is 1. The third kappa shape index (κ3) is 1.80. The number of nitrogens with zero attached hydrogens (tertiary/aromatic N) is 1. The number of aryl methyl sites for hydroxylation is 1. The van der Waals surface area contributed by atoms with Crippen LogP contribution >= 0.6 is 0 Å². The van der Waals surface area contributed by atoms with Gasteiger partial charge in [-0.2, -0.15) is 0 Å². The number of H-pyrrole nitrogens is 1. The van der Waals surface area contributed by atoms with E-state index < -0.39 is 0 Å². The molecule has 0 amide bonds. The molecule has 0 atom stereocenters. The van der Waals surface area contributed by atoms with Crippen molar-refractivity contribution in [2.75, 3.05) is 0 Å². The van der Waals surface area contributed by atoms with E-state index in [1.54, 1.807) is 12.3 Å². The number of hydrogen-bond donors (Lipinski definition) is 1. The van der Waals surface area contributed by atoms with Gasteiger partial charge in [-0.1, -0.05) is 29.8 Å². The molecule has 2 heterocycles. The van der Waals surface area contributed by atoms with Crippen molar-refractivity contribution < 1.29 is 0 Å². The van der Waals surface area contributed by atoms with Crippen LogP contribution in [0.5, 0.6) is 0 Å². The van der Waals surface area contributed by atoms with Crippen molar-refractivity contribution in [1.82, 2.24) is 9.97 Å². The Hall–Kier alpha value is -2.42. The zero-order valence-electron chi connectivity index (χ0n) is 9.97. The monoisotopic (exact) mass is 236 g/mol. The lowest BCUT2D eigenvalue weighted by Gasteiger charge is -2.06. The predicted octanol–water partition coefficient (Wildman–Crippen LogP) is 2.90. The average Bonchev–Trinajstić information content (AvgIpc) is 2.38. The lowest BCUT2D eigenvalue weighted by atomic mass is 10.0. The number of aromatic amines is 1. The van der Waals surface area contributed by atoms with Crippen LogP contribution in [0.1, 0.15) is 5.56 Å². The van der Waals surface area contributed by atoms with E-state index in [2.05, 4.69) is 9.97 Å². The average molecular weight is 236 g/mol. The van der Waals surface area contributed by atoms with Gasteiger partial charge in [0.2, 0.25) is 5.56 Å². The highest BCUT2D eigenvalue weighted by Gasteiger charge is 2.05. The molecule has 1 N–H and O–H groups in total. The maximum atomic E-state index is 11.6. The summed E-state index contributed by atoms with van der Waals surface area (Å²) in [6, 6.07) is 13.6. The molecule has 3 nitrogen and oxygen atoms in total. The number of fused-ring (bicyclic) bond motifs is 1. The molecule has 0 radical (unpaired) electrons. The topological polar surface area (TPSA) is 45.8 Å². The number of aromatic nitrogens is 2. The fraction of sp³-hybridized carbons (Fsp3) is 0.0667. The summed E-state index contributed by atoms with van der Waals surface area (Å²) in [7, 11) is 0. The van der Waals surface area contributed by atoms with Gasteiger partial charge in [0.05, 0.1) is 0 Å². The molecule has 0 saturated heterocycles. The predicted molar refractivity (Wildman–Crippen MR) is 72.5 cm³/mol. The Kier molecular flexibility index (Phi) is 2.45. The van der Waals surface area contributed by atoms with Gasteiger partial charge in [0.1, 0.15) is 5.65 Å². The van der Waals surface area contributed by atoms with Crippen molar-refractivity contribution in [2.45, 2.75) is 6.92 Å². The molecule has 2 aromatic heterocycles. The lowest BCUT2D eigenvalue weighted by molar-refractivity contribution is 1.23. The largest absolute Gasteiger partial charge is 0.307 e. The molecule has 0 aliphatic carbocycles. The summed E-state index contributed by atoms with van der Waals surface area (Å²) in [5.41, 5.74) is 3.65. The third-order valence-electron chi connectivity index (χ3n) is 2.98. The van der Waals surface area contributed by atoms with E-state index in [0.29, 0.717) is 5.65 Å². The number of nitrogens with one attached hydrogen (secondary N) is 1. The Morgan fingerprint density at radius 1 is 1.11 bits per heavy atom. The fourth-order valence-electron chi connectivity index (χ4n) is 2.06. The highest BCUT2D eigenvalue weighted by Crippen LogP contribution is 2.25. The van der Waals surface area contributed by atoms with Gasteiger partial charge < -0.3 is 4.98 Å². The molecule has 0 aliphatic heterocycles. The van der Waals surface area contributed by atoms with Gasteiger partial charge in [0.15, 0.2) is 0 Å². The number of hydrogen-bond acceptors (Lipinski definition) is 2. The summed E-state index contributed by atoms with van der Waals surface area (Å²) in [4.78, 5) is 18.6. The zero-order chi connectivity index (χ0) is 12.5. The molecule has 1 aromatic carbocycles. The Morgan fingerprint density at radius 3 is 2.67 bits per heavy atom. The van der Waals surface area contributed by atoms with Crippen LogP contribution in [-0.4, -0.2) is 9.97 Å². The smallest absolute Gasteiger partial charge is 0.250 e. The second-order valence-corrected chi connectivity index (χ2v) is 4.31. The molecule has 18 heavy (non-hydrogen) atoms. The first-order valence-corrected chi connectivity index (χ1v) is 5.79. The molecule has 0 fully saturated rings. The van der Waals surface area contributed by atoms with Crippen molar-refractivity contribution in [3.8, 4) is 11.1 Å². The van der Waals surface area contributed by atoms with Crippen LogP contribution < -0.4 is 5.56 Å². The Labute approximate surface area is 104 Å². The Balaban J connectivity index is 2.34. The van der Waals surface area contributed by atoms with Gasteiger partial charge in [-0.15, -0.1) is 0 Å². The van der Waals surface area contributed by atoms with E-state index in [9.17, 15) is 4.79 Å². The van der Waals surface area contributed by atoms with Gasteiger partial charge in [0, 0.05) is 17.6 Å². The molecule has 88 valence electrons. The normalized spacial score (nSPS) is 10.7. The summed E-state index contributed by atoms with van der Waals surface area (Å²) in [6.07, 6.45) is 1.68. The van der Waals surface area contributed by atoms with Gasteiger partial charge in [-0.05, 0) is 30.2 Å². The second kappa shape index (κ2) is 4.11. The van der Waals surface area contributed by atoms with Crippen LogP contribution in [0.2, 0.25) is 0 Å². The fourth-order valence-corrected chi connectivity index (χ4v) is 2.06. The summed E-state index contributed by atoms with van der Waals surface area (Å²) < 4.78 is 0. The van der Waals surface area contributed by atoms with Gasteiger partial charge >= 0.3 is 0 Å². The minimum atomic E-state index is -0.128. The quantitative estimate of drug-likeness (QED) is 0.706. The summed E-state index contributed by atoms with van der Waals surface area (Å²) in [5, 5.41) is 0.959. The minimum Gasteiger partial charge on any atom is -0.307 e. The molecule has 0 spiro atoms. The Morgan fingerprint density at radius 2 is 1.89 bits per heavy atom. The second-order valence-electron chi connectivity index (χ2n) is 4.31. The highest BCUT2D eigenvalue weighted by molar-refractivity contribution is 5.92. The van der Waals surface area contributed by atoms with E-state index >= 15 is 0 Å². The van der Waals surface area contributed by atoms with Crippen LogP contribution in [0.3, 0.4) is 0 Å². The van der Waals surface area contributed by atoms with Crippen molar-refractivity contribution in [1.29, 1.82) is 0 Å². The third-order valence-corrected chi connectivity index (χ3v) is 2.98. The van der Waals surface area contributed by atoms with Crippen LogP contribution in [0, 0.1) is 6.92 Å². The first-order valence-electron chi connectivity index (χ1n) is 5.79. The van der Waals surface area contributed by atoms with Crippen molar-refractivity contribution in [2.24, 2.45) is 0 Å². The van der Waals surface area contributed by atoms with Crippen LogP contribution in [-0.2, 0) is 0 Å².